The van der Waals surface area contributed by atoms with E-state index in [9.17, 15) is 9.59 Å². The number of aryl methyl sites for hydroxylation is 2. The Morgan fingerprint density at radius 3 is 2.76 bits per heavy atom. The van der Waals surface area contributed by atoms with Crippen molar-refractivity contribution < 1.29 is 14.3 Å². The van der Waals surface area contributed by atoms with E-state index < -0.39 is 11.7 Å². The largest absolute Gasteiger partial charge is 0.442 e. The fourth-order valence-corrected chi connectivity index (χ4v) is 6.01. The Bertz CT molecular complexity index is 1310. The molecule has 7 heteroatoms. The fourth-order valence-electron chi connectivity index (χ4n) is 6.01. The van der Waals surface area contributed by atoms with Gasteiger partial charge in [-0.25, -0.2) is 4.79 Å². The van der Waals surface area contributed by atoms with Gasteiger partial charge < -0.3 is 14.2 Å². The van der Waals surface area contributed by atoms with E-state index in [-0.39, 0.29) is 11.9 Å². The molecule has 0 radical (unpaired) electrons. The maximum Gasteiger partial charge on any atom is 0.435 e. The summed E-state index contributed by atoms with van der Waals surface area (Å²) >= 11 is 0. The van der Waals surface area contributed by atoms with Crippen LogP contribution < -0.4 is 0 Å². The number of hydrogen-bond acceptors (Lipinski definition) is 4. The molecule has 3 unspecified atom stereocenters. The van der Waals surface area contributed by atoms with Gasteiger partial charge in [-0.2, -0.15) is 9.78 Å². The second-order valence-corrected chi connectivity index (χ2v) is 11.2. The van der Waals surface area contributed by atoms with E-state index in [1.807, 2.05) is 39.1 Å². The molecule has 3 atom stereocenters. The van der Waals surface area contributed by atoms with E-state index in [0.717, 1.165) is 66.2 Å². The average molecular weight is 461 g/mol. The molecule has 0 N–H and O–H groups in total. The highest BCUT2D eigenvalue weighted by Gasteiger charge is 2.50. The third kappa shape index (κ3) is 3.44. The number of aromatic nitrogens is 3. The Morgan fingerprint density at radius 2 is 1.97 bits per heavy atom. The highest BCUT2D eigenvalue weighted by atomic mass is 16.6. The molecule has 2 aromatic heterocycles. The summed E-state index contributed by atoms with van der Waals surface area (Å²) in [5, 5.41) is 5.62. The van der Waals surface area contributed by atoms with Crippen LogP contribution in [0.25, 0.3) is 10.9 Å². The van der Waals surface area contributed by atoms with Crippen molar-refractivity contribution in [1.82, 2.24) is 19.2 Å². The highest BCUT2D eigenvalue weighted by molar-refractivity contribution is 6.09. The number of fused-ring (bicyclic) bond motifs is 5. The van der Waals surface area contributed by atoms with E-state index in [1.54, 1.807) is 0 Å². The molecule has 0 saturated heterocycles. The second kappa shape index (κ2) is 7.45. The molecule has 0 bridgehead atoms. The standard InChI is InChI=1S/C27H32N4O3/c1-27(2,3)34-26(33)30-15-17-12-18(8-7-10-20(17)28-30)31-22-13-16(22)14-23-24(25(31)32)19-9-5-6-11-21(19)29(23)4/h5-6,9,11,15-16,18,22H,7-8,10,12-14H2,1-4H3. The number of para-hydroxylation sites is 1. The van der Waals surface area contributed by atoms with Crippen molar-refractivity contribution in [2.24, 2.45) is 13.0 Å². The minimum Gasteiger partial charge on any atom is -0.442 e. The Morgan fingerprint density at radius 1 is 1.18 bits per heavy atom. The zero-order chi connectivity index (χ0) is 23.8. The number of ether oxygens (including phenoxy) is 1. The van der Waals surface area contributed by atoms with Gasteiger partial charge in [0.25, 0.3) is 5.91 Å². The van der Waals surface area contributed by atoms with E-state index in [1.165, 1.54) is 10.4 Å². The molecule has 1 aliphatic heterocycles. The fraction of sp³-hybridized carbons (Fsp3) is 0.519. The lowest BCUT2D eigenvalue weighted by atomic mass is 10.0. The molecular weight excluding hydrogens is 428 g/mol. The SMILES string of the molecule is Cn1c2c(c3ccccc31)C(=O)N(C1CCCc3nn(C(=O)OC(C)(C)C)cc3C1)C1CC1C2. The third-order valence-electron chi connectivity index (χ3n) is 7.63. The first-order valence-electron chi connectivity index (χ1n) is 12.4. The van der Waals surface area contributed by atoms with Crippen molar-refractivity contribution in [3.8, 4) is 0 Å². The van der Waals surface area contributed by atoms with Gasteiger partial charge in [0.1, 0.15) is 5.60 Å². The average Bonchev–Trinajstić information content (AvgIpc) is 3.40. The lowest BCUT2D eigenvalue weighted by molar-refractivity contribution is 0.0511. The third-order valence-corrected chi connectivity index (χ3v) is 7.63. The summed E-state index contributed by atoms with van der Waals surface area (Å²) in [6.45, 7) is 5.57. The first-order valence-corrected chi connectivity index (χ1v) is 12.4. The second-order valence-electron chi connectivity index (χ2n) is 11.2. The van der Waals surface area contributed by atoms with Crippen molar-refractivity contribution in [3.05, 3.63) is 53.0 Å². The van der Waals surface area contributed by atoms with Gasteiger partial charge in [0.15, 0.2) is 0 Å². The number of hydrogen-bond donors (Lipinski definition) is 0. The monoisotopic (exact) mass is 460 g/mol. The smallest absolute Gasteiger partial charge is 0.435 e. The van der Waals surface area contributed by atoms with Gasteiger partial charge in [-0.1, -0.05) is 18.2 Å². The van der Waals surface area contributed by atoms with Gasteiger partial charge in [-0.3, -0.25) is 4.79 Å². The molecule has 34 heavy (non-hydrogen) atoms. The zero-order valence-corrected chi connectivity index (χ0v) is 20.4. The molecule has 1 amide bonds. The summed E-state index contributed by atoms with van der Waals surface area (Å²) in [6, 6.07) is 8.68. The first-order chi connectivity index (χ1) is 16.2. The summed E-state index contributed by atoms with van der Waals surface area (Å²) < 4.78 is 9.07. The Kier molecular flexibility index (Phi) is 4.70. The topological polar surface area (TPSA) is 69.4 Å². The summed E-state index contributed by atoms with van der Waals surface area (Å²) in [7, 11) is 2.09. The van der Waals surface area contributed by atoms with Crippen LogP contribution in [0, 0.1) is 5.92 Å². The molecule has 3 heterocycles. The number of rotatable bonds is 1. The summed E-state index contributed by atoms with van der Waals surface area (Å²) in [5.41, 5.74) is 4.63. The lowest BCUT2D eigenvalue weighted by Crippen LogP contribution is -2.43. The summed E-state index contributed by atoms with van der Waals surface area (Å²) in [5.74, 6) is 0.699. The quantitative estimate of drug-likeness (QED) is 0.502. The maximum atomic E-state index is 14.1. The Balaban J connectivity index is 1.33. The van der Waals surface area contributed by atoms with Gasteiger partial charge in [-0.05, 0) is 76.8 Å². The molecule has 6 rings (SSSR count). The number of nitrogens with zero attached hydrogens (tertiary/aromatic N) is 4. The Hall–Kier alpha value is -3.09. The van der Waals surface area contributed by atoms with E-state index in [0.29, 0.717) is 12.0 Å². The van der Waals surface area contributed by atoms with Gasteiger partial charge in [0.2, 0.25) is 0 Å². The Labute approximate surface area is 199 Å². The molecule has 1 aromatic carbocycles. The van der Waals surface area contributed by atoms with Gasteiger partial charge >= 0.3 is 6.09 Å². The van der Waals surface area contributed by atoms with E-state index in [2.05, 4.69) is 33.7 Å². The van der Waals surface area contributed by atoms with Crippen molar-refractivity contribution in [1.29, 1.82) is 0 Å². The first kappa shape index (κ1) is 21.4. The van der Waals surface area contributed by atoms with Crippen molar-refractivity contribution in [2.75, 3.05) is 0 Å². The van der Waals surface area contributed by atoms with Crippen LogP contribution in [0.15, 0.2) is 30.5 Å². The van der Waals surface area contributed by atoms with Crippen LogP contribution in [-0.2, 0) is 31.0 Å². The molecule has 3 aliphatic rings. The molecule has 2 aliphatic carbocycles. The maximum absolute atomic E-state index is 14.1. The van der Waals surface area contributed by atoms with Crippen LogP contribution in [0.2, 0.25) is 0 Å². The normalized spacial score (nSPS) is 24.2. The van der Waals surface area contributed by atoms with Crippen molar-refractivity contribution >= 4 is 22.9 Å². The van der Waals surface area contributed by atoms with E-state index in [4.69, 9.17) is 4.74 Å². The van der Waals surface area contributed by atoms with Gasteiger partial charge in [-0.15, -0.1) is 0 Å². The summed E-state index contributed by atoms with van der Waals surface area (Å²) in [6.07, 6.45) is 6.85. The molecule has 178 valence electrons. The van der Waals surface area contributed by atoms with Crippen molar-refractivity contribution in [3.63, 3.8) is 0 Å². The molecule has 1 fully saturated rings. The minimum atomic E-state index is -0.571. The lowest BCUT2D eigenvalue weighted by Gasteiger charge is -2.31. The number of carbonyl (C=O) groups is 2. The van der Waals surface area contributed by atoms with Crippen molar-refractivity contribution in [2.45, 2.75) is 77.0 Å². The highest BCUT2D eigenvalue weighted by Crippen LogP contribution is 2.46. The van der Waals surface area contributed by atoms with Crippen LogP contribution >= 0.6 is 0 Å². The zero-order valence-electron chi connectivity index (χ0n) is 20.4. The molecule has 3 aromatic rings. The van der Waals surface area contributed by atoms with Gasteiger partial charge in [0, 0.05) is 41.9 Å². The van der Waals surface area contributed by atoms with Gasteiger partial charge in [0.05, 0.1) is 11.3 Å². The van der Waals surface area contributed by atoms with Crippen LogP contribution in [0.1, 0.15) is 67.3 Å². The molecule has 0 spiro atoms. The number of carbonyl (C=O) groups excluding carboxylic acids is 2. The molecule has 1 saturated carbocycles. The van der Waals surface area contributed by atoms with Crippen LogP contribution in [0.3, 0.4) is 0 Å². The predicted octanol–water partition coefficient (Wildman–Crippen LogP) is 4.49. The van der Waals surface area contributed by atoms with E-state index >= 15 is 0 Å². The summed E-state index contributed by atoms with van der Waals surface area (Å²) in [4.78, 5) is 28.9. The van der Waals surface area contributed by atoms with Crippen LogP contribution in [-0.4, -0.2) is 48.9 Å². The molecule has 7 nitrogen and oxygen atoms in total. The predicted molar refractivity (Wildman–Crippen MR) is 129 cm³/mol. The number of amides is 1. The minimum absolute atomic E-state index is 0.116. The van der Waals surface area contributed by atoms with Crippen LogP contribution in [0.5, 0.6) is 0 Å². The molecular formula is C27H32N4O3. The number of benzene rings is 1. The van der Waals surface area contributed by atoms with Crippen LogP contribution in [0.4, 0.5) is 4.79 Å².